The van der Waals surface area contributed by atoms with E-state index in [-0.39, 0.29) is 12.4 Å². The quantitative estimate of drug-likeness (QED) is 0.613. The van der Waals surface area contributed by atoms with Gasteiger partial charge in [0, 0.05) is 13.1 Å². The van der Waals surface area contributed by atoms with E-state index in [0.717, 1.165) is 69.4 Å². The average Bonchev–Trinajstić information content (AvgIpc) is 2.68. The molecule has 0 spiro atoms. The van der Waals surface area contributed by atoms with Crippen LogP contribution in [0.15, 0.2) is 54.6 Å². The third-order valence-electron chi connectivity index (χ3n) is 4.32. The van der Waals surface area contributed by atoms with Crippen LogP contribution < -0.4 is 9.47 Å². The molecule has 1 fully saturated rings. The van der Waals surface area contributed by atoms with Crippen LogP contribution in [-0.4, -0.2) is 44.4 Å². The van der Waals surface area contributed by atoms with E-state index in [1.165, 1.54) is 0 Å². The van der Waals surface area contributed by atoms with E-state index in [0.29, 0.717) is 6.61 Å². The van der Waals surface area contributed by atoms with Crippen molar-refractivity contribution in [1.29, 1.82) is 0 Å². The SMILES string of the molecule is Cl.c1ccc(COc2ccccc2OCCCCN2CCOCC2)cc1. The molecule has 0 N–H and O–H groups in total. The molecule has 1 aliphatic heterocycles. The van der Waals surface area contributed by atoms with Gasteiger partial charge < -0.3 is 14.2 Å². The molecule has 0 aliphatic carbocycles. The fourth-order valence-electron chi connectivity index (χ4n) is 2.87. The van der Waals surface area contributed by atoms with Crippen molar-refractivity contribution < 1.29 is 14.2 Å². The number of nitrogens with zero attached hydrogens (tertiary/aromatic N) is 1. The van der Waals surface area contributed by atoms with Crippen LogP contribution in [0.3, 0.4) is 0 Å². The molecule has 1 heterocycles. The maximum atomic E-state index is 5.95. The van der Waals surface area contributed by atoms with Crippen LogP contribution in [0.25, 0.3) is 0 Å². The van der Waals surface area contributed by atoms with Crippen molar-refractivity contribution in [3.05, 3.63) is 60.2 Å². The van der Waals surface area contributed by atoms with Gasteiger partial charge in [0.05, 0.1) is 19.8 Å². The lowest BCUT2D eigenvalue weighted by Crippen LogP contribution is -2.36. The van der Waals surface area contributed by atoms with Gasteiger partial charge in [0.2, 0.25) is 0 Å². The lowest BCUT2D eigenvalue weighted by molar-refractivity contribution is 0.0367. The van der Waals surface area contributed by atoms with Gasteiger partial charge in [0.1, 0.15) is 6.61 Å². The molecular formula is C21H28ClNO3. The summed E-state index contributed by atoms with van der Waals surface area (Å²) < 4.78 is 17.2. The number of ether oxygens (including phenoxy) is 3. The van der Waals surface area contributed by atoms with Gasteiger partial charge in [-0.05, 0) is 37.1 Å². The zero-order chi connectivity index (χ0) is 17.2. The Morgan fingerprint density at radius 3 is 2.19 bits per heavy atom. The molecule has 5 heteroatoms. The Morgan fingerprint density at radius 2 is 1.46 bits per heavy atom. The molecule has 0 radical (unpaired) electrons. The third-order valence-corrected chi connectivity index (χ3v) is 4.32. The summed E-state index contributed by atoms with van der Waals surface area (Å²) in [5, 5.41) is 0. The highest BCUT2D eigenvalue weighted by atomic mass is 35.5. The van der Waals surface area contributed by atoms with Crippen molar-refractivity contribution >= 4 is 12.4 Å². The van der Waals surface area contributed by atoms with Gasteiger partial charge in [-0.15, -0.1) is 12.4 Å². The number of benzene rings is 2. The second-order valence-electron chi connectivity index (χ2n) is 6.23. The first kappa shape index (κ1) is 20.6. The summed E-state index contributed by atoms with van der Waals surface area (Å²) in [5.41, 5.74) is 1.16. The second kappa shape index (κ2) is 11.8. The van der Waals surface area contributed by atoms with Crippen LogP contribution >= 0.6 is 12.4 Å². The minimum atomic E-state index is 0. The maximum Gasteiger partial charge on any atom is 0.161 e. The van der Waals surface area contributed by atoms with Crippen molar-refractivity contribution in [2.24, 2.45) is 0 Å². The molecule has 26 heavy (non-hydrogen) atoms. The zero-order valence-electron chi connectivity index (χ0n) is 15.1. The monoisotopic (exact) mass is 377 g/mol. The molecule has 3 rings (SSSR count). The Balaban J connectivity index is 0.00000243. The molecule has 1 aliphatic rings. The molecule has 0 atom stereocenters. The molecule has 4 nitrogen and oxygen atoms in total. The van der Waals surface area contributed by atoms with E-state index < -0.39 is 0 Å². The molecule has 2 aromatic rings. The predicted molar refractivity (Wildman–Crippen MR) is 106 cm³/mol. The number of rotatable bonds is 9. The maximum absolute atomic E-state index is 5.95. The van der Waals surface area contributed by atoms with E-state index in [4.69, 9.17) is 14.2 Å². The van der Waals surface area contributed by atoms with Crippen molar-refractivity contribution in [2.45, 2.75) is 19.4 Å². The summed E-state index contributed by atoms with van der Waals surface area (Å²) >= 11 is 0. The molecule has 2 aromatic carbocycles. The van der Waals surface area contributed by atoms with Gasteiger partial charge in [-0.25, -0.2) is 0 Å². The van der Waals surface area contributed by atoms with Gasteiger partial charge >= 0.3 is 0 Å². The summed E-state index contributed by atoms with van der Waals surface area (Å²) in [6.45, 7) is 6.23. The lowest BCUT2D eigenvalue weighted by Gasteiger charge is -2.26. The van der Waals surface area contributed by atoms with Crippen LogP contribution in [0.4, 0.5) is 0 Å². The molecule has 1 saturated heterocycles. The molecule has 0 saturated carbocycles. The number of para-hydroxylation sites is 2. The first-order valence-electron chi connectivity index (χ1n) is 9.10. The molecule has 0 unspecified atom stereocenters. The van der Waals surface area contributed by atoms with E-state index >= 15 is 0 Å². The third kappa shape index (κ3) is 6.87. The summed E-state index contributed by atoms with van der Waals surface area (Å²) in [5.74, 6) is 1.63. The highest BCUT2D eigenvalue weighted by molar-refractivity contribution is 5.85. The largest absolute Gasteiger partial charge is 0.490 e. The van der Waals surface area contributed by atoms with Crippen LogP contribution in [-0.2, 0) is 11.3 Å². The fraction of sp³-hybridized carbons (Fsp3) is 0.429. The van der Waals surface area contributed by atoms with E-state index in [1.54, 1.807) is 0 Å². The van der Waals surface area contributed by atoms with Gasteiger partial charge in [-0.1, -0.05) is 42.5 Å². The van der Waals surface area contributed by atoms with Crippen LogP contribution in [0.1, 0.15) is 18.4 Å². The molecule has 0 bridgehead atoms. The molecular weight excluding hydrogens is 350 g/mol. The van der Waals surface area contributed by atoms with Crippen LogP contribution in [0.5, 0.6) is 11.5 Å². The smallest absolute Gasteiger partial charge is 0.161 e. The summed E-state index contributed by atoms with van der Waals surface area (Å²) in [6.07, 6.45) is 2.19. The van der Waals surface area contributed by atoms with Crippen LogP contribution in [0.2, 0.25) is 0 Å². The number of halogens is 1. The first-order chi connectivity index (χ1) is 12.4. The summed E-state index contributed by atoms with van der Waals surface area (Å²) in [7, 11) is 0. The van der Waals surface area contributed by atoms with Gasteiger partial charge in [-0.2, -0.15) is 0 Å². The predicted octanol–water partition coefficient (Wildman–Crippen LogP) is 4.18. The Kier molecular flexibility index (Phi) is 9.32. The highest BCUT2D eigenvalue weighted by Gasteiger charge is 2.09. The van der Waals surface area contributed by atoms with Crippen molar-refractivity contribution in [3.8, 4) is 11.5 Å². The zero-order valence-corrected chi connectivity index (χ0v) is 16.0. The minimum Gasteiger partial charge on any atom is -0.490 e. The first-order valence-corrected chi connectivity index (χ1v) is 9.10. The normalized spacial score (nSPS) is 14.5. The van der Waals surface area contributed by atoms with E-state index in [2.05, 4.69) is 17.0 Å². The lowest BCUT2D eigenvalue weighted by atomic mass is 10.2. The summed E-state index contributed by atoms with van der Waals surface area (Å²) in [6, 6.07) is 18.1. The molecule has 0 aromatic heterocycles. The van der Waals surface area contributed by atoms with Crippen molar-refractivity contribution in [2.75, 3.05) is 39.5 Å². The fourth-order valence-corrected chi connectivity index (χ4v) is 2.87. The Hall–Kier alpha value is -1.75. The molecule has 142 valence electrons. The van der Waals surface area contributed by atoms with Crippen molar-refractivity contribution in [1.82, 2.24) is 4.90 Å². The number of hydrogen-bond donors (Lipinski definition) is 0. The number of unbranched alkanes of at least 4 members (excludes halogenated alkanes) is 1. The highest BCUT2D eigenvalue weighted by Crippen LogP contribution is 2.27. The Morgan fingerprint density at radius 1 is 0.808 bits per heavy atom. The van der Waals surface area contributed by atoms with E-state index in [1.807, 2.05) is 42.5 Å². The topological polar surface area (TPSA) is 30.9 Å². The number of morpholine rings is 1. The standard InChI is InChI=1S/C21H27NO3.ClH/c1-2-8-19(9-3-1)18-25-21-11-5-4-10-20(21)24-15-7-6-12-22-13-16-23-17-14-22;/h1-5,8-11H,6-7,12-18H2;1H. The van der Waals surface area contributed by atoms with Gasteiger partial charge in [0.15, 0.2) is 11.5 Å². The van der Waals surface area contributed by atoms with Crippen LogP contribution in [0, 0.1) is 0 Å². The van der Waals surface area contributed by atoms with E-state index in [9.17, 15) is 0 Å². The minimum absolute atomic E-state index is 0. The average molecular weight is 378 g/mol. The Bertz CT molecular complexity index is 618. The van der Waals surface area contributed by atoms with Gasteiger partial charge in [0.25, 0.3) is 0 Å². The van der Waals surface area contributed by atoms with Crippen molar-refractivity contribution in [3.63, 3.8) is 0 Å². The molecule has 0 amide bonds. The Labute approximate surface area is 162 Å². The number of hydrogen-bond acceptors (Lipinski definition) is 4. The van der Waals surface area contributed by atoms with Gasteiger partial charge in [-0.3, -0.25) is 4.90 Å². The second-order valence-corrected chi connectivity index (χ2v) is 6.23. The summed E-state index contributed by atoms with van der Waals surface area (Å²) in [4.78, 5) is 2.46.